The number of amides is 2. The van der Waals surface area contributed by atoms with Gasteiger partial charge in [-0.15, -0.1) is 0 Å². The molecule has 0 aliphatic rings. The van der Waals surface area contributed by atoms with Crippen molar-refractivity contribution < 1.29 is 9.59 Å². The summed E-state index contributed by atoms with van der Waals surface area (Å²) < 4.78 is 0. The van der Waals surface area contributed by atoms with Crippen molar-refractivity contribution >= 4 is 46.9 Å². The van der Waals surface area contributed by atoms with Gasteiger partial charge in [-0.05, 0) is 42.8 Å². The maximum absolute atomic E-state index is 12.8. The first-order valence-corrected chi connectivity index (χ1v) is 9.04. The first-order chi connectivity index (χ1) is 12.6. The van der Waals surface area contributed by atoms with Crippen LogP contribution in [0.5, 0.6) is 0 Å². The highest BCUT2D eigenvalue weighted by molar-refractivity contribution is 6.37. The molecule has 2 N–H and O–H groups in total. The number of carbonyl (C=O) groups excluding carboxylic acids is 2. The van der Waals surface area contributed by atoms with Gasteiger partial charge in [0.1, 0.15) is 11.5 Å². The molecule has 2 aromatic rings. The lowest BCUT2D eigenvalue weighted by molar-refractivity contribution is -0.128. The molecule has 0 aliphatic carbocycles. The van der Waals surface area contributed by atoms with Gasteiger partial charge in [-0.2, -0.15) is 0 Å². The van der Waals surface area contributed by atoms with Crippen LogP contribution in [0.15, 0.2) is 42.2 Å². The second-order valence-electron chi connectivity index (χ2n) is 7.07. The molecule has 2 amide bonds. The average molecular weight is 406 g/mol. The van der Waals surface area contributed by atoms with Gasteiger partial charge in [0.25, 0.3) is 5.91 Å². The molecule has 142 valence electrons. The lowest BCUT2D eigenvalue weighted by atomic mass is 9.95. The third-order valence-corrected chi connectivity index (χ3v) is 4.28. The Morgan fingerprint density at radius 2 is 1.74 bits per heavy atom. The molecule has 0 saturated carbocycles. The molecule has 1 aromatic heterocycles. The van der Waals surface area contributed by atoms with E-state index in [0.717, 1.165) is 5.56 Å². The quantitative estimate of drug-likeness (QED) is 0.714. The van der Waals surface area contributed by atoms with E-state index in [4.69, 9.17) is 23.2 Å². The minimum Gasteiger partial charge on any atom is -0.321 e. The van der Waals surface area contributed by atoms with E-state index in [-0.39, 0.29) is 11.6 Å². The van der Waals surface area contributed by atoms with Crippen molar-refractivity contribution in [2.24, 2.45) is 5.41 Å². The van der Waals surface area contributed by atoms with Crippen LogP contribution < -0.4 is 10.6 Å². The average Bonchev–Trinajstić information content (AvgIpc) is 2.56. The number of anilines is 1. The van der Waals surface area contributed by atoms with Crippen LogP contribution in [-0.2, 0) is 9.59 Å². The van der Waals surface area contributed by atoms with Crippen LogP contribution in [0.1, 0.15) is 31.9 Å². The summed E-state index contributed by atoms with van der Waals surface area (Å²) in [6, 6.07) is 8.55. The lowest BCUT2D eigenvalue weighted by Gasteiger charge is -2.19. The number of pyridine rings is 1. The number of aromatic nitrogens is 1. The van der Waals surface area contributed by atoms with Gasteiger partial charge in [-0.3, -0.25) is 9.59 Å². The molecular formula is C20H21Cl2N3O2. The maximum atomic E-state index is 12.8. The van der Waals surface area contributed by atoms with Crippen LogP contribution >= 0.6 is 23.2 Å². The van der Waals surface area contributed by atoms with Crippen LogP contribution in [0, 0.1) is 12.3 Å². The molecule has 1 aromatic carbocycles. The molecule has 0 atom stereocenters. The summed E-state index contributed by atoms with van der Waals surface area (Å²) in [5.41, 5.74) is 0.718. The molecule has 0 spiro atoms. The van der Waals surface area contributed by atoms with E-state index >= 15 is 0 Å². The number of carbonyl (C=O) groups is 2. The Kier molecular flexibility index (Phi) is 6.63. The second-order valence-corrected chi connectivity index (χ2v) is 7.88. The first kappa shape index (κ1) is 20.9. The van der Waals surface area contributed by atoms with Crippen molar-refractivity contribution in [2.75, 3.05) is 5.32 Å². The van der Waals surface area contributed by atoms with E-state index in [1.807, 2.05) is 13.0 Å². The topological polar surface area (TPSA) is 71.1 Å². The minimum absolute atomic E-state index is 0.0215. The Morgan fingerprint density at radius 1 is 1.11 bits per heavy atom. The number of nitrogens with zero attached hydrogens (tertiary/aromatic N) is 1. The first-order valence-electron chi connectivity index (χ1n) is 8.29. The van der Waals surface area contributed by atoms with Gasteiger partial charge in [0, 0.05) is 27.2 Å². The smallest absolute Gasteiger partial charge is 0.273 e. The van der Waals surface area contributed by atoms with E-state index in [0.29, 0.717) is 21.4 Å². The summed E-state index contributed by atoms with van der Waals surface area (Å²) in [5, 5.41) is 6.07. The zero-order valence-electron chi connectivity index (χ0n) is 15.6. The van der Waals surface area contributed by atoms with Crippen LogP contribution in [0.25, 0.3) is 6.08 Å². The number of aryl methyl sites for hydroxylation is 1. The van der Waals surface area contributed by atoms with Crippen molar-refractivity contribution in [1.29, 1.82) is 0 Å². The SMILES string of the molecule is Cc1ccnc(NC(=O)/C(=C\c2c(Cl)cccc2Cl)NC(=O)C(C)(C)C)c1. The van der Waals surface area contributed by atoms with E-state index in [9.17, 15) is 9.59 Å². The van der Waals surface area contributed by atoms with Gasteiger partial charge in [0.05, 0.1) is 0 Å². The fraction of sp³-hybridized carbons (Fsp3) is 0.250. The number of rotatable bonds is 4. The number of halogens is 2. The summed E-state index contributed by atoms with van der Waals surface area (Å²) in [6.45, 7) is 7.15. The molecule has 0 saturated heterocycles. The van der Waals surface area contributed by atoms with Crippen LogP contribution in [-0.4, -0.2) is 16.8 Å². The molecule has 0 unspecified atom stereocenters. The normalized spacial score (nSPS) is 11.9. The van der Waals surface area contributed by atoms with E-state index in [2.05, 4.69) is 15.6 Å². The predicted octanol–water partition coefficient (Wildman–Crippen LogP) is 4.84. The molecule has 0 fully saturated rings. The van der Waals surface area contributed by atoms with Gasteiger partial charge in [0.15, 0.2) is 0 Å². The third kappa shape index (κ3) is 5.81. The highest BCUT2D eigenvalue weighted by atomic mass is 35.5. The number of nitrogens with one attached hydrogen (secondary N) is 2. The fourth-order valence-corrected chi connectivity index (χ4v) is 2.56. The molecule has 1 heterocycles. The monoisotopic (exact) mass is 405 g/mol. The van der Waals surface area contributed by atoms with Crippen molar-refractivity contribution in [3.05, 3.63) is 63.4 Å². The molecule has 27 heavy (non-hydrogen) atoms. The van der Waals surface area contributed by atoms with Crippen molar-refractivity contribution in [3.63, 3.8) is 0 Å². The standard InChI is InChI=1S/C20H21Cl2N3O2/c1-12-8-9-23-17(10-12)25-18(26)16(24-19(27)20(2,3)4)11-13-14(21)6-5-7-15(13)22/h5-11H,1-4H3,(H,24,27)(H,23,25,26)/b16-11+. The van der Waals surface area contributed by atoms with Crippen LogP contribution in [0.2, 0.25) is 10.0 Å². The Bertz CT molecular complexity index is 882. The summed E-state index contributed by atoms with van der Waals surface area (Å²) in [6.07, 6.45) is 3.05. The molecular weight excluding hydrogens is 385 g/mol. The second kappa shape index (κ2) is 8.55. The number of hydrogen-bond acceptors (Lipinski definition) is 3. The predicted molar refractivity (Wildman–Crippen MR) is 110 cm³/mol. The van der Waals surface area contributed by atoms with Gasteiger partial charge in [-0.1, -0.05) is 50.0 Å². The molecule has 7 heteroatoms. The number of hydrogen-bond donors (Lipinski definition) is 2. The van der Waals surface area contributed by atoms with Gasteiger partial charge in [-0.25, -0.2) is 4.98 Å². The maximum Gasteiger partial charge on any atom is 0.273 e. The summed E-state index contributed by atoms with van der Waals surface area (Å²) in [5.74, 6) is -0.466. The van der Waals surface area contributed by atoms with Gasteiger partial charge >= 0.3 is 0 Å². The summed E-state index contributed by atoms with van der Waals surface area (Å²) >= 11 is 12.4. The van der Waals surface area contributed by atoms with E-state index < -0.39 is 11.3 Å². The Morgan fingerprint density at radius 3 is 2.30 bits per heavy atom. The zero-order chi connectivity index (χ0) is 20.2. The van der Waals surface area contributed by atoms with Crippen molar-refractivity contribution in [1.82, 2.24) is 10.3 Å². The minimum atomic E-state index is -0.689. The molecule has 5 nitrogen and oxygen atoms in total. The Hall–Kier alpha value is -2.37. The summed E-state index contributed by atoms with van der Waals surface area (Å²) in [4.78, 5) is 29.3. The number of benzene rings is 1. The zero-order valence-corrected chi connectivity index (χ0v) is 17.1. The van der Waals surface area contributed by atoms with Crippen LogP contribution in [0.3, 0.4) is 0 Å². The molecule has 0 aliphatic heterocycles. The van der Waals surface area contributed by atoms with Crippen molar-refractivity contribution in [2.45, 2.75) is 27.7 Å². The Balaban J connectivity index is 2.41. The Labute approximate surface area is 168 Å². The van der Waals surface area contributed by atoms with Gasteiger partial charge in [0.2, 0.25) is 5.91 Å². The lowest BCUT2D eigenvalue weighted by Crippen LogP contribution is -2.38. The highest BCUT2D eigenvalue weighted by Gasteiger charge is 2.24. The van der Waals surface area contributed by atoms with Crippen LogP contribution in [0.4, 0.5) is 5.82 Å². The van der Waals surface area contributed by atoms with Gasteiger partial charge < -0.3 is 10.6 Å². The third-order valence-electron chi connectivity index (χ3n) is 3.62. The molecule has 0 radical (unpaired) electrons. The molecule has 0 bridgehead atoms. The van der Waals surface area contributed by atoms with E-state index in [1.165, 1.54) is 6.08 Å². The highest BCUT2D eigenvalue weighted by Crippen LogP contribution is 2.27. The molecule has 2 rings (SSSR count). The summed E-state index contributed by atoms with van der Waals surface area (Å²) in [7, 11) is 0. The largest absolute Gasteiger partial charge is 0.321 e. The van der Waals surface area contributed by atoms with Crippen molar-refractivity contribution in [3.8, 4) is 0 Å². The van der Waals surface area contributed by atoms with E-state index in [1.54, 1.807) is 51.2 Å². The fourth-order valence-electron chi connectivity index (χ4n) is 2.05.